The maximum absolute atomic E-state index is 11.7. The Bertz CT molecular complexity index is 677. The molecule has 0 unspecified atom stereocenters. The molecule has 0 aromatic heterocycles. The molecule has 2 saturated heterocycles. The second kappa shape index (κ2) is 4.73. The van der Waals surface area contributed by atoms with Crippen molar-refractivity contribution < 1.29 is 30.3 Å². The Balaban J connectivity index is 1.80. The van der Waals surface area contributed by atoms with E-state index in [0.717, 1.165) is 19.3 Å². The molecule has 10 atom stereocenters. The molecule has 4 saturated carbocycles. The first-order chi connectivity index (χ1) is 12.1. The largest absolute Gasteiger partial charge is 0.393 e. The van der Waals surface area contributed by atoms with Gasteiger partial charge in [0.05, 0.1) is 30.3 Å². The van der Waals surface area contributed by atoms with Gasteiger partial charge >= 0.3 is 0 Å². The Kier molecular flexibility index (Phi) is 3.20. The van der Waals surface area contributed by atoms with Gasteiger partial charge in [0, 0.05) is 23.2 Å². The van der Waals surface area contributed by atoms with E-state index < -0.39 is 52.9 Å². The lowest BCUT2D eigenvalue weighted by atomic mass is 9.35. The van der Waals surface area contributed by atoms with Crippen molar-refractivity contribution >= 4 is 0 Å². The molecular formula is C20H30O6. The van der Waals surface area contributed by atoms with E-state index in [1.807, 2.05) is 0 Å². The standard InChI is InChI=1S/C20H30O6/c1-9-10-7-11(21)12-18-6-4-5-17(2,3)13(18)16(24)20(25,26-8-18)19(12,14(9)22)15(10)23/h10-16,21-25H,1,4-8H2,2-3H3/t10-,11-,12+,13+,14+,15+,16-,18+,19-,20+/m0/s1. The number of hydrogen-bond acceptors (Lipinski definition) is 6. The maximum atomic E-state index is 11.7. The van der Waals surface area contributed by atoms with Gasteiger partial charge in [0.15, 0.2) is 0 Å². The molecule has 2 heterocycles. The van der Waals surface area contributed by atoms with Crippen LogP contribution in [0.2, 0.25) is 0 Å². The van der Waals surface area contributed by atoms with Crippen molar-refractivity contribution in [1.82, 2.24) is 0 Å². The Hall–Kier alpha value is -0.500. The van der Waals surface area contributed by atoms with Gasteiger partial charge in [0.2, 0.25) is 5.79 Å². The molecular weight excluding hydrogens is 336 g/mol. The Labute approximate surface area is 153 Å². The highest BCUT2D eigenvalue weighted by Gasteiger charge is 2.86. The van der Waals surface area contributed by atoms with Gasteiger partial charge < -0.3 is 30.3 Å². The smallest absolute Gasteiger partial charge is 0.203 e. The summed E-state index contributed by atoms with van der Waals surface area (Å²) < 4.78 is 5.89. The molecule has 2 aliphatic heterocycles. The topological polar surface area (TPSA) is 110 Å². The molecule has 6 aliphatic rings. The van der Waals surface area contributed by atoms with E-state index >= 15 is 0 Å². The van der Waals surface area contributed by atoms with Crippen LogP contribution >= 0.6 is 0 Å². The molecule has 26 heavy (non-hydrogen) atoms. The summed E-state index contributed by atoms with van der Waals surface area (Å²) >= 11 is 0. The highest BCUT2D eigenvalue weighted by Crippen LogP contribution is 2.77. The number of aliphatic hydroxyl groups is 5. The van der Waals surface area contributed by atoms with Crippen molar-refractivity contribution in [3.63, 3.8) is 0 Å². The zero-order valence-corrected chi connectivity index (χ0v) is 15.4. The number of ether oxygens (including phenoxy) is 1. The van der Waals surface area contributed by atoms with E-state index in [0.29, 0.717) is 12.0 Å². The Morgan fingerprint density at radius 1 is 1.04 bits per heavy atom. The van der Waals surface area contributed by atoms with E-state index in [1.54, 1.807) is 0 Å². The zero-order chi connectivity index (χ0) is 18.9. The van der Waals surface area contributed by atoms with E-state index in [2.05, 4.69) is 20.4 Å². The van der Waals surface area contributed by atoms with Crippen LogP contribution in [-0.2, 0) is 4.74 Å². The minimum Gasteiger partial charge on any atom is -0.393 e. The minimum atomic E-state index is -2.10. The molecule has 6 rings (SSSR count). The number of aliphatic hydroxyl groups excluding tert-OH is 4. The van der Waals surface area contributed by atoms with Gasteiger partial charge in [-0.1, -0.05) is 26.8 Å². The molecule has 2 spiro atoms. The van der Waals surface area contributed by atoms with Crippen LogP contribution in [0, 0.1) is 34.0 Å². The molecule has 6 nitrogen and oxygen atoms in total. The molecule has 0 amide bonds. The van der Waals surface area contributed by atoms with Crippen molar-refractivity contribution in [2.45, 2.75) is 69.7 Å². The second-order valence-electron chi connectivity index (χ2n) is 10.2. The van der Waals surface area contributed by atoms with Gasteiger partial charge in [0.1, 0.15) is 6.10 Å². The predicted molar refractivity (Wildman–Crippen MR) is 91.7 cm³/mol. The summed E-state index contributed by atoms with van der Waals surface area (Å²) in [5.41, 5.74) is -1.92. The van der Waals surface area contributed by atoms with Crippen LogP contribution < -0.4 is 0 Å². The Morgan fingerprint density at radius 3 is 2.42 bits per heavy atom. The van der Waals surface area contributed by atoms with Gasteiger partial charge in [-0.3, -0.25) is 0 Å². The second-order valence-corrected chi connectivity index (χ2v) is 10.2. The highest BCUT2D eigenvalue weighted by atomic mass is 16.6. The van der Waals surface area contributed by atoms with Crippen LogP contribution in [0.15, 0.2) is 12.2 Å². The van der Waals surface area contributed by atoms with Crippen molar-refractivity contribution in [2.75, 3.05) is 6.61 Å². The fourth-order valence-electron chi connectivity index (χ4n) is 8.29. The van der Waals surface area contributed by atoms with Crippen LogP contribution in [0.5, 0.6) is 0 Å². The molecule has 6 fully saturated rings. The average Bonchev–Trinajstić information content (AvgIpc) is 2.67. The third kappa shape index (κ3) is 1.49. The van der Waals surface area contributed by atoms with E-state index in [1.165, 1.54) is 0 Å². The molecule has 0 aromatic rings. The first kappa shape index (κ1) is 17.6. The van der Waals surface area contributed by atoms with E-state index in [4.69, 9.17) is 4.74 Å². The third-order valence-electron chi connectivity index (χ3n) is 8.99. The van der Waals surface area contributed by atoms with Crippen LogP contribution in [-0.4, -0.2) is 62.3 Å². The maximum Gasteiger partial charge on any atom is 0.203 e. The fourth-order valence-corrected chi connectivity index (χ4v) is 8.29. The van der Waals surface area contributed by atoms with Crippen molar-refractivity contribution in [2.24, 2.45) is 34.0 Å². The average molecular weight is 366 g/mol. The normalized spacial score (nSPS) is 62.7. The molecule has 0 radical (unpaired) electrons. The van der Waals surface area contributed by atoms with Crippen LogP contribution in [0.4, 0.5) is 0 Å². The van der Waals surface area contributed by atoms with Gasteiger partial charge in [-0.25, -0.2) is 0 Å². The molecule has 6 heteroatoms. The monoisotopic (exact) mass is 366 g/mol. The molecule has 4 bridgehead atoms. The summed E-state index contributed by atoms with van der Waals surface area (Å²) in [7, 11) is 0. The van der Waals surface area contributed by atoms with Gasteiger partial charge in [-0.2, -0.15) is 0 Å². The summed E-state index contributed by atoms with van der Waals surface area (Å²) in [4.78, 5) is 0. The minimum absolute atomic E-state index is 0.231. The first-order valence-corrected chi connectivity index (χ1v) is 9.83. The molecule has 146 valence electrons. The van der Waals surface area contributed by atoms with Crippen molar-refractivity contribution in [3.05, 3.63) is 12.2 Å². The number of fused-ring (bicyclic) bond motifs is 2. The summed E-state index contributed by atoms with van der Waals surface area (Å²) in [6, 6.07) is 0. The lowest BCUT2D eigenvalue weighted by Gasteiger charge is -2.75. The summed E-state index contributed by atoms with van der Waals surface area (Å²) in [6.45, 7) is 8.37. The number of rotatable bonds is 0. The highest BCUT2D eigenvalue weighted by molar-refractivity contribution is 5.38. The van der Waals surface area contributed by atoms with Gasteiger partial charge in [-0.15, -0.1) is 0 Å². The fraction of sp³-hybridized carbons (Fsp3) is 0.900. The molecule has 5 N–H and O–H groups in total. The number of hydrogen-bond donors (Lipinski definition) is 5. The van der Waals surface area contributed by atoms with Crippen molar-refractivity contribution in [3.8, 4) is 0 Å². The van der Waals surface area contributed by atoms with E-state index in [-0.39, 0.29) is 17.9 Å². The van der Waals surface area contributed by atoms with Crippen molar-refractivity contribution in [1.29, 1.82) is 0 Å². The molecule has 4 aliphatic carbocycles. The summed E-state index contributed by atoms with van der Waals surface area (Å²) in [5, 5.41) is 56.5. The summed E-state index contributed by atoms with van der Waals surface area (Å²) in [6.07, 6.45) is -1.41. The van der Waals surface area contributed by atoms with Gasteiger partial charge in [-0.05, 0) is 30.3 Å². The lowest BCUT2D eigenvalue weighted by Crippen LogP contribution is -2.85. The SMILES string of the molecule is C=C1[C@@H](O)[C@]23[C@H](O)[C@H]1C[C@H](O)[C@@H]2[C@]12CCCC(C)(C)[C@H]1[C@H](O)[C@@]3(O)OC2. The van der Waals surface area contributed by atoms with Crippen LogP contribution in [0.25, 0.3) is 0 Å². The lowest BCUT2D eigenvalue weighted by molar-refractivity contribution is -0.475. The summed E-state index contributed by atoms with van der Waals surface area (Å²) in [5.74, 6) is -3.40. The molecule has 0 aromatic carbocycles. The predicted octanol–water partition coefficient (Wildman–Crippen LogP) is 0.167. The van der Waals surface area contributed by atoms with Crippen LogP contribution in [0.3, 0.4) is 0 Å². The Morgan fingerprint density at radius 2 is 1.73 bits per heavy atom. The third-order valence-corrected chi connectivity index (χ3v) is 8.99. The first-order valence-electron chi connectivity index (χ1n) is 9.83. The quantitative estimate of drug-likeness (QED) is 0.391. The van der Waals surface area contributed by atoms with E-state index in [9.17, 15) is 25.5 Å². The van der Waals surface area contributed by atoms with Crippen LogP contribution in [0.1, 0.15) is 39.5 Å². The zero-order valence-electron chi connectivity index (χ0n) is 15.4. The van der Waals surface area contributed by atoms with Gasteiger partial charge in [0.25, 0.3) is 0 Å².